The third kappa shape index (κ3) is 4.10. The molecule has 0 saturated heterocycles. The molecular weight excluding hydrogens is 336 g/mol. The van der Waals surface area contributed by atoms with Crippen LogP contribution in [-0.4, -0.2) is 25.0 Å². The average Bonchev–Trinajstić information content (AvgIpc) is 2.95. The summed E-state index contributed by atoms with van der Waals surface area (Å²) in [6, 6.07) is 6.38. The summed E-state index contributed by atoms with van der Waals surface area (Å²) in [7, 11) is 0. The summed E-state index contributed by atoms with van der Waals surface area (Å²) in [6.45, 7) is 2.95. The number of rotatable bonds is 7. The fourth-order valence-electron chi connectivity index (χ4n) is 2.16. The van der Waals surface area contributed by atoms with Gasteiger partial charge in [0.25, 0.3) is 5.69 Å². The zero-order valence-corrected chi connectivity index (χ0v) is 13.4. The van der Waals surface area contributed by atoms with Gasteiger partial charge >= 0.3 is 0 Å². The maximum absolute atomic E-state index is 10.8. The van der Waals surface area contributed by atoms with E-state index in [-0.39, 0.29) is 5.69 Å². The second kappa shape index (κ2) is 7.31. The topological polar surface area (TPSA) is 73.8 Å². The molecule has 0 radical (unpaired) electrons. The van der Waals surface area contributed by atoms with E-state index in [1.54, 1.807) is 23.1 Å². The van der Waals surface area contributed by atoms with Crippen molar-refractivity contribution in [3.8, 4) is 11.4 Å². The van der Waals surface area contributed by atoms with Crippen LogP contribution in [-0.2, 0) is 6.54 Å². The molecule has 7 heteroatoms. The van der Waals surface area contributed by atoms with E-state index in [9.17, 15) is 10.1 Å². The summed E-state index contributed by atoms with van der Waals surface area (Å²) in [6.07, 6.45) is 3.93. The SMILES string of the molecule is CCCC(CBr)Cn1cnc(-c2cccc([N+](=O)[O-])c2)n1. The van der Waals surface area contributed by atoms with Crippen LogP contribution in [0.3, 0.4) is 0 Å². The highest BCUT2D eigenvalue weighted by molar-refractivity contribution is 9.09. The first-order valence-electron chi connectivity index (χ1n) is 6.84. The highest BCUT2D eigenvalue weighted by Crippen LogP contribution is 2.21. The summed E-state index contributed by atoms with van der Waals surface area (Å²) in [5, 5.41) is 16.1. The molecule has 0 spiro atoms. The molecule has 0 fully saturated rings. The fraction of sp³-hybridized carbons (Fsp3) is 0.429. The first-order chi connectivity index (χ1) is 10.1. The van der Waals surface area contributed by atoms with Crippen LogP contribution in [0.2, 0.25) is 0 Å². The molecule has 0 aliphatic carbocycles. The number of nitro benzene ring substituents is 1. The minimum atomic E-state index is -0.414. The molecule has 0 amide bonds. The van der Waals surface area contributed by atoms with Gasteiger partial charge in [-0.25, -0.2) is 4.98 Å². The van der Waals surface area contributed by atoms with Crippen LogP contribution in [0.15, 0.2) is 30.6 Å². The lowest BCUT2D eigenvalue weighted by Gasteiger charge is -2.11. The van der Waals surface area contributed by atoms with Gasteiger partial charge in [-0.05, 0) is 12.3 Å². The van der Waals surface area contributed by atoms with Crippen molar-refractivity contribution in [3.63, 3.8) is 0 Å². The minimum absolute atomic E-state index is 0.0492. The summed E-state index contributed by atoms with van der Waals surface area (Å²) in [4.78, 5) is 14.6. The summed E-state index contributed by atoms with van der Waals surface area (Å²) >= 11 is 3.52. The molecule has 2 aromatic rings. The molecule has 6 nitrogen and oxygen atoms in total. The Morgan fingerprint density at radius 3 is 2.95 bits per heavy atom. The molecule has 0 bridgehead atoms. The van der Waals surface area contributed by atoms with Crippen molar-refractivity contribution in [1.29, 1.82) is 0 Å². The fourth-order valence-corrected chi connectivity index (χ4v) is 2.69. The Balaban J connectivity index is 2.16. The molecule has 0 saturated carbocycles. The molecule has 1 atom stereocenters. The minimum Gasteiger partial charge on any atom is -0.258 e. The Hall–Kier alpha value is -1.76. The smallest absolute Gasteiger partial charge is 0.258 e. The number of non-ortho nitro benzene ring substituents is 1. The predicted octanol–water partition coefficient (Wildman–Crippen LogP) is 3.66. The number of hydrogen-bond acceptors (Lipinski definition) is 4. The Kier molecular flexibility index (Phi) is 5.44. The van der Waals surface area contributed by atoms with Crippen LogP contribution in [0.25, 0.3) is 11.4 Å². The van der Waals surface area contributed by atoms with Gasteiger partial charge in [0.1, 0.15) is 6.33 Å². The van der Waals surface area contributed by atoms with E-state index in [1.807, 2.05) is 0 Å². The molecule has 1 heterocycles. The number of hydrogen-bond donors (Lipinski definition) is 0. The maximum Gasteiger partial charge on any atom is 0.270 e. The Labute approximate surface area is 131 Å². The van der Waals surface area contributed by atoms with Gasteiger partial charge in [-0.15, -0.1) is 0 Å². The molecule has 1 aromatic carbocycles. The molecule has 1 aromatic heterocycles. The molecule has 0 aliphatic rings. The van der Waals surface area contributed by atoms with Crippen molar-refractivity contribution in [2.24, 2.45) is 5.92 Å². The van der Waals surface area contributed by atoms with Gasteiger partial charge in [0.05, 0.1) is 4.92 Å². The normalized spacial score (nSPS) is 12.3. The van der Waals surface area contributed by atoms with Gasteiger partial charge in [-0.2, -0.15) is 5.10 Å². The third-order valence-corrected chi connectivity index (χ3v) is 4.13. The van der Waals surface area contributed by atoms with E-state index >= 15 is 0 Å². The van der Waals surface area contributed by atoms with Crippen molar-refractivity contribution >= 4 is 21.6 Å². The monoisotopic (exact) mass is 352 g/mol. The summed E-state index contributed by atoms with van der Waals surface area (Å²) in [5.41, 5.74) is 0.710. The first kappa shape index (κ1) is 15.6. The van der Waals surface area contributed by atoms with Crippen molar-refractivity contribution in [2.45, 2.75) is 26.3 Å². The summed E-state index contributed by atoms with van der Waals surface area (Å²) < 4.78 is 1.80. The lowest BCUT2D eigenvalue weighted by molar-refractivity contribution is -0.384. The first-order valence-corrected chi connectivity index (χ1v) is 7.96. The standard InChI is InChI=1S/C14H17BrN4O2/c1-2-4-11(8-15)9-18-10-16-14(17-18)12-5-3-6-13(7-12)19(20)21/h3,5-7,10-11H,2,4,8-9H2,1H3. The largest absolute Gasteiger partial charge is 0.270 e. The van der Waals surface area contributed by atoms with E-state index in [4.69, 9.17) is 0 Å². The number of benzene rings is 1. The highest BCUT2D eigenvalue weighted by atomic mass is 79.9. The van der Waals surface area contributed by atoms with Crippen LogP contribution in [0.4, 0.5) is 5.69 Å². The molecule has 0 aliphatic heterocycles. The van der Waals surface area contributed by atoms with Crippen LogP contribution in [0.1, 0.15) is 19.8 Å². The van der Waals surface area contributed by atoms with Crippen molar-refractivity contribution in [3.05, 3.63) is 40.7 Å². The molecule has 0 N–H and O–H groups in total. The number of aromatic nitrogens is 3. The van der Waals surface area contributed by atoms with Gasteiger partial charge < -0.3 is 0 Å². The van der Waals surface area contributed by atoms with E-state index in [1.165, 1.54) is 12.1 Å². The van der Waals surface area contributed by atoms with Gasteiger partial charge in [-0.1, -0.05) is 41.4 Å². The Morgan fingerprint density at radius 2 is 2.29 bits per heavy atom. The van der Waals surface area contributed by atoms with Gasteiger partial charge in [-0.3, -0.25) is 14.8 Å². The van der Waals surface area contributed by atoms with Crippen LogP contribution < -0.4 is 0 Å². The lowest BCUT2D eigenvalue weighted by atomic mass is 10.1. The van der Waals surface area contributed by atoms with Gasteiger partial charge in [0.15, 0.2) is 5.82 Å². The molecule has 21 heavy (non-hydrogen) atoms. The number of alkyl halides is 1. The molecule has 2 rings (SSSR count). The van der Waals surface area contributed by atoms with E-state index in [0.29, 0.717) is 17.3 Å². The van der Waals surface area contributed by atoms with Crippen LogP contribution in [0.5, 0.6) is 0 Å². The quantitative estimate of drug-likeness (QED) is 0.433. The van der Waals surface area contributed by atoms with Crippen molar-refractivity contribution < 1.29 is 4.92 Å². The second-order valence-corrected chi connectivity index (χ2v) is 5.55. The average molecular weight is 353 g/mol. The molecule has 112 valence electrons. The van der Waals surface area contributed by atoms with Crippen LogP contribution >= 0.6 is 15.9 Å². The maximum atomic E-state index is 10.8. The number of nitro groups is 1. The lowest BCUT2D eigenvalue weighted by Crippen LogP contribution is -2.12. The van der Waals surface area contributed by atoms with Gasteiger partial charge in [0, 0.05) is 29.6 Å². The highest BCUT2D eigenvalue weighted by Gasteiger charge is 2.12. The predicted molar refractivity (Wildman–Crippen MR) is 84.3 cm³/mol. The number of halogens is 1. The third-order valence-electron chi connectivity index (χ3n) is 3.21. The second-order valence-electron chi connectivity index (χ2n) is 4.91. The van der Waals surface area contributed by atoms with E-state index in [2.05, 4.69) is 32.9 Å². The molecule has 1 unspecified atom stereocenters. The zero-order valence-electron chi connectivity index (χ0n) is 11.8. The molecular formula is C14H17BrN4O2. The Morgan fingerprint density at radius 1 is 1.48 bits per heavy atom. The van der Waals surface area contributed by atoms with Crippen LogP contribution in [0, 0.1) is 16.0 Å². The van der Waals surface area contributed by atoms with Crippen molar-refractivity contribution in [2.75, 3.05) is 5.33 Å². The number of nitrogens with zero attached hydrogens (tertiary/aromatic N) is 4. The van der Waals surface area contributed by atoms with E-state index in [0.717, 1.165) is 24.7 Å². The Bertz CT molecular complexity index is 615. The van der Waals surface area contributed by atoms with E-state index < -0.39 is 4.92 Å². The van der Waals surface area contributed by atoms with Crippen molar-refractivity contribution in [1.82, 2.24) is 14.8 Å². The van der Waals surface area contributed by atoms with Gasteiger partial charge in [0.2, 0.25) is 0 Å². The summed E-state index contributed by atoms with van der Waals surface area (Å²) in [5.74, 6) is 1.03. The zero-order chi connectivity index (χ0) is 15.2.